The second-order valence-electron chi connectivity index (χ2n) is 6.44. The molecule has 3 aromatic rings. The first-order chi connectivity index (χ1) is 14.7. The molecule has 0 aliphatic rings. The highest BCUT2D eigenvalue weighted by atomic mass is 35.5. The number of carbonyl (C=O) groups is 2. The van der Waals surface area contributed by atoms with Crippen molar-refractivity contribution >= 4 is 39.1 Å². The minimum Gasteiger partial charge on any atom is -0.280 e. The average Bonchev–Trinajstić information content (AvgIpc) is 2.75. The minimum atomic E-state index is -3.92. The van der Waals surface area contributed by atoms with Crippen LogP contribution in [0.1, 0.15) is 15.9 Å². The monoisotopic (exact) mass is 461 g/mol. The third-order valence-corrected chi connectivity index (χ3v) is 5.77. The number of hydrogen-bond acceptors (Lipinski definition) is 4. The molecule has 3 rings (SSSR count). The zero-order chi connectivity index (χ0) is 22.4. The SMILES string of the molecule is O=C(Cc1ccc(Cl)cc1)NNC(=O)c1ccc(S(=O)(=O)Nc2ccc(F)cc2)cc1. The number of anilines is 1. The van der Waals surface area contributed by atoms with Crippen LogP contribution in [-0.4, -0.2) is 20.2 Å². The first-order valence-corrected chi connectivity index (χ1v) is 10.8. The van der Waals surface area contributed by atoms with Gasteiger partial charge in [-0.25, -0.2) is 12.8 Å². The lowest BCUT2D eigenvalue weighted by molar-refractivity contribution is -0.121. The van der Waals surface area contributed by atoms with E-state index in [1.807, 2.05) is 0 Å². The maximum Gasteiger partial charge on any atom is 0.269 e. The first-order valence-electron chi connectivity index (χ1n) is 8.95. The molecule has 7 nitrogen and oxygen atoms in total. The van der Waals surface area contributed by atoms with Crippen LogP contribution in [-0.2, 0) is 21.2 Å². The van der Waals surface area contributed by atoms with Crippen molar-refractivity contribution in [2.45, 2.75) is 11.3 Å². The van der Waals surface area contributed by atoms with Crippen molar-refractivity contribution < 1.29 is 22.4 Å². The molecule has 3 N–H and O–H groups in total. The topological polar surface area (TPSA) is 104 Å². The largest absolute Gasteiger partial charge is 0.280 e. The van der Waals surface area contributed by atoms with Gasteiger partial charge in [0.25, 0.3) is 15.9 Å². The molecule has 160 valence electrons. The zero-order valence-corrected chi connectivity index (χ0v) is 17.5. The van der Waals surface area contributed by atoms with E-state index in [9.17, 15) is 22.4 Å². The van der Waals surface area contributed by atoms with Crippen LogP contribution < -0.4 is 15.6 Å². The summed E-state index contributed by atoms with van der Waals surface area (Å²) in [7, 11) is -3.92. The fourth-order valence-electron chi connectivity index (χ4n) is 2.55. The summed E-state index contributed by atoms with van der Waals surface area (Å²) in [5.74, 6) is -1.53. The Balaban J connectivity index is 1.57. The molecule has 0 saturated heterocycles. The molecule has 0 heterocycles. The molecule has 0 unspecified atom stereocenters. The van der Waals surface area contributed by atoms with Gasteiger partial charge >= 0.3 is 0 Å². The van der Waals surface area contributed by atoms with E-state index in [-0.39, 0.29) is 22.6 Å². The van der Waals surface area contributed by atoms with Crippen LogP contribution in [0, 0.1) is 5.82 Å². The van der Waals surface area contributed by atoms with Gasteiger partial charge in [-0.2, -0.15) is 0 Å². The molecule has 0 aliphatic carbocycles. The Morgan fingerprint density at radius 2 is 1.45 bits per heavy atom. The van der Waals surface area contributed by atoms with Gasteiger partial charge in [-0.3, -0.25) is 25.2 Å². The summed E-state index contributed by atoms with van der Waals surface area (Å²) in [6, 6.07) is 16.7. The molecule has 0 aromatic heterocycles. The number of sulfonamides is 1. The summed E-state index contributed by atoms with van der Waals surface area (Å²) in [6.45, 7) is 0. The van der Waals surface area contributed by atoms with Crippen LogP contribution in [0.3, 0.4) is 0 Å². The van der Waals surface area contributed by atoms with E-state index in [0.29, 0.717) is 5.02 Å². The summed E-state index contributed by atoms with van der Waals surface area (Å²) in [5, 5.41) is 0.552. The Morgan fingerprint density at radius 1 is 0.839 bits per heavy atom. The first kappa shape index (κ1) is 22.3. The summed E-state index contributed by atoms with van der Waals surface area (Å²) < 4.78 is 40.1. The Morgan fingerprint density at radius 3 is 2.06 bits per heavy atom. The number of halogens is 2. The Bertz CT molecular complexity index is 1180. The molecule has 0 aliphatic heterocycles. The van der Waals surface area contributed by atoms with Gasteiger partial charge in [0.1, 0.15) is 5.82 Å². The number of hydrazine groups is 1. The van der Waals surface area contributed by atoms with Gasteiger partial charge in [-0.1, -0.05) is 23.7 Å². The van der Waals surface area contributed by atoms with Crippen LogP contribution in [0.25, 0.3) is 0 Å². The Hall–Kier alpha value is -3.43. The molecular weight excluding hydrogens is 445 g/mol. The summed E-state index contributed by atoms with van der Waals surface area (Å²) in [6.07, 6.45) is 0.0453. The predicted molar refractivity (Wildman–Crippen MR) is 114 cm³/mol. The summed E-state index contributed by atoms with van der Waals surface area (Å²) >= 11 is 5.79. The molecule has 0 saturated carbocycles. The third-order valence-electron chi connectivity index (χ3n) is 4.12. The van der Waals surface area contributed by atoms with Crippen LogP contribution in [0.2, 0.25) is 5.02 Å². The third kappa shape index (κ3) is 6.27. The fraction of sp³-hybridized carbons (Fsp3) is 0.0476. The molecular formula is C21H17ClFN3O4S. The van der Waals surface area contributed by atoms with Crippen molar-refractivity contribution in [3.63, 3.8) is 0 Å². The van der Waals surface area contributed by atoms with E-state index in [1.165, 1.54) is 36.4 Å². The molecule has 3 aromatic carbocycles. The van der Waals surface area contributed by atoms with E-state index in [2.05, 4.69) is 15.6 Å². The van der Waals surface area contributed by atoms with Crippen LogP contribution >= 0.6 is 11.6 Å². The number of rotatable bonds is 6. The van der Waals surface area contributed by atoms with Crippen LogP contribution in [0.5, 0.6) is 0 Å². The van der Waals surface area contributed by atoms with Crippen LogP contribution in [0.15, 0.2) is 77.7 Å². The van der Waals surface area contributed by atoms with E-state index in [4.69, 9.17) is 11.6 Å². The van der Waals surface area contributed by atoms with Gasteiger partial charge < -0.3 is 0 Å². The maximum atomic E-state index is 13.0. The van der Waals surface area contributed by atoms with Crippen LogP contribution in [0.4, 0.5) is 10.1 Å². The highest BCUT2D eigenvalue weighted by Crippen LogP contribution is 2.17. The quantitative estimate of drug-likeness (QED) is 0.490. The van der Waals surface area contributed by atoms with Crippen molar-refractivity contribution in [1.82, 2.24) is 10.9 Å². The smallest absolute Gasteiger partial charge is 0.269 e. The normalized spacial score (nSPS) is 10.9. The number of amides is 2. The molecule has 0 bridgehead atoms. The van der Waals surface area contributed by atoms with Crippen molar-refractivity contribution in [2.75, 3.05) is 4.72 Å². The second-order valence-corrected chi connectivity index (χ2v) is 8.56. The number of benzene rings is 3. The van der Waals surface area contributed by atoms with Gasteiger partial charge in [0.05, 0.1) is 11.3 Å². The average molecular weight is 462 g/mol. The Labute approximate surface area is 183 Å². The van der Waals surface area contributed by atoms with Crippen molar-refractivity contribution in [1.29, 1.82) is 0 Å². The van der Waals surface area contributed by atoms with Gasteiger partial charge in [0.15, 0.2) is 0 Å². The summed E-state index contributed by atoms with van der Waals surface area (Å²) in [4.78, 5) is 24.0. The predicted octanol–water partition coefficient (Wildman–Crippen LogP) is 3.28. The number of carbonyl (C=O) groups excluding carboxylic acids is 2. The lowest BCUT2D eigenvalue weighted by atomic mass is 10.1. The molecule has 0 fully saturated rings. The van der Waals surface area contributed by atoms with Crippen molar-refractivity contribution in [3.8, 4) is 0 Å². The molecule has 0 radical (unpaired) electrons. The van der Waals surface area contributed by atoms with Gasteiger partial charge in [0.2, 0.25) is 5.91 Å². The Kier molecular flexibility index (Phi) is 6.88. The van der Waals surface area contributed by atoms with E-state index >= 15 is 0 Å². The summed E-state index contributed by atoms with van der Waals surface area (Å²) in [5.41, 5.74) is 5.63. The zero-order valence-electron chi connectivity index (χ0n) is 15.9. The molecule has 0 spiro atoms. The number of nitrogens with one attached hydrogen (secondary N) is 3. The minimum absolute atomic E-state index is 0.0453. The lowest BCUT2D eigenvalue weighted by Gasteiger charge is -2.10. The standard InChI is InChI=1S/C21H17ClFN3O4S/c22-16-5-1-14(2-6-16)13-20(27)24-25-21(28)15-3-11-19(12-4-15)31(29,30)26-18-9-7-17(23)8-10-18/h1-12,26H,13H2,(H,24,27)(H,25,28). The van der Waals surface area contributed by atoms with E-state index < -0.39 is 27.7 Å². The highest BCUT2D eigenvalue weighted by molar-refractivity contribution is 7.92. The maximum absolute atomic E-state index is 13.0. The highest BCUT2D eigenvalue weighted by Gasteiger charge is 2.16. The molecule has 0 atom stereocenters. The van der Waals surface area contributed by atoms with Crippen molar-refractivity contribution in [3.05, 3.63) is 94.8 Å². The van der Waals surface area contributed by atoms with E-state index in [0.717, 1.165) is 17.7 Å². The number of hydrogen-bond donors (Lipinski definition) is 3. The van der Waals surface area contributed by atoms with E-state index in [1.54, 1.807) is 24.3 Å². The molecule has 2 amide bonds. The van der Waals surface area contributed by atoms with Gasteiger partial charge in [0, 0.05) is 16.3 Å². The molecule has 10 heteroatoms. The lowest BCUT2D eigenvalue weighted by Crippen LogP contribution is -2.42. The molecule has 31 heavy (non-hydrogen) atoms. The van der Waals surface area contributed by atoms with Gasteiger partial charge in [-0.15, -0.1) is 0 Å². The van der Waals surface area contributed by atoms with Gasteiger partial charge in [-0.05, 0) is 66.2 Å². The van der Waals surface area contributed by atoms with Crippen molar-refractivity contribution in [2.24, 2.45) is 0 Å². The fourth-order valence-corrected chi connectivity index (χ4v) is 3.73. The second kappa shape index (κ2) is 9.59.